The summed E-state index contributed by atoms with van der Waals surface area (Å²) in [5, 5.41) is 10.2. The van der Waals surface area contributed by atoms with Crippen LogP contribution < -0.4 is 0 Å². The van der Waals surface area contributed by atoms with Crippen LogP contribution in [-0.4, -0.2) is 24.8 Å². The third kappa shape index (κ3) is 3.68. The normalized spacial score (nSPS) is 12.3. The standard InChI is InChI=1S/C12H14BrClO4/c1-3-18-12(16)11(15)7-4-9(13)8(6-17-2)10(14)5-7/h4-5,11,15H,3,6H2,1-2H3. The van der Waals surface area contributed by atoms with Gasteiger partial charge in [-0.15, -0.1) is 0 Å². The molecule has 0 bridgehead atoms. The van der Waals surface area contributed by atoms with E-state index in [1.807, 2.05) is 0 Å². The van der Waals surface area contributed by atoms with Gasteiger partial charge in [-0.2, -0.15) is 0 Å². The zero-order valence-corrected chi connectivity index (χ0v) is 12.4. The monoisotopic (exact) mass is 336 g/mol. The topological polar surface area (TPSA) is 55.8 Å². The molecule has 0 aromatic heterocycles. The Hall–Kier alpha value is -0.620. The number of hydrogen-bond donors (Lipinski definition) is 1. The van der Waals surface area contributed by atoms with Gasteiger partial charge in [-0.1, -0.05) is 27.5 Å². The van der Waals surface area contributed by atoms with E-state index >= 15 is 0 Å². The number of esters is 1. The molecule has 1 rings (SSSR count). The highest BCUT2D eigenvalue weighted by Gasteiger charge is 2.20. The van der Waals surface area contributed by atoms with Crippen LogP contribution in [0.15, 0.2) is 16.6 Å². The van der Waals surface area contributed by atoms with Crippen LogP contribution in [0.1, 0.15) is 24.2 Å². The molecule has 4 nitrogen and oxygen atoms in total. The highest BCUT2D eigenvalue weighted by Crippen LogP contribution is 2.30. The number of halogens is 2. The van der Waals surface area contributed by atoms with Crippen LogP contribution in [-0.2, 0) is 20.9 Å². The first-order chi connectivity index (χ1) is 8.51. The average molecular weight is 338 g/mol. The van der Waals surface area contributed by atoms with Crippen molar-refractivity contribution in [3.05, 3.63) is 32.8 Å². The second kappa shape index (κ2) is 7.09. The fourth-order valence-corrected chi connectivity index (χ4v) is 2.41. The molecule has 100 valence electrons. The smallest absolute Gasteiger partial charge is 0.339 e. The molecule has 0 saturated carbocycles. The summed E-state index contributed by atoms with van der Waals surface area (Å²) in [5.74, 6) is -0.694. The summed E-state index contributed by atoms with van der Waals surface area (Å²) < 4.78 is 10.4. The third-order valence-corrected chi connectivity index (χ3v) is 3.32. The van der Waals surface area contributed by atoms with E-state index < -0.39 is 12.1 Å². The van der Waals surface area contributed by atoms with Gasteiger partial charge in [0.15, 0.2) is 6.10 Å². The molecule has 0 amide bonds. The quantitative estimate of drug-likeness (QED) is 0.840. The molecule has 0 aliphatic carbocycles. The minimum atomic E-state index is -1.34. The van der Waals surface area contributed by atoms with Crippen molar-refractivity contribution in [2.24, 2.45) is 0 Å². The molecule has 0 aliphatic rings. The molecule has 1 aromatic carbocycles. The van der Waals surface area contributed by atoms with Gasteiger partial charge in [0.2, 0.25) is 0 Å². The Bertz CT molecular complexity index is 413. The molecule has 0 fully saturated rings. The summed E-state index contributed by atoms with van der Waals surface area (Å²) in [6, 6.07) is 3.16. The van der Waals surface area contributed by atoms with Gasteiger partial charge < -0.3 is 14.6 Å². The average Bonchev–Trinajstić information content (AvgIpc) is 2.33. The van der Waals surface area contributed by atoms with Crippen molar-refractivity contribution in [2.75, 3.05) is 13.7 Å². The number of aliphatic hydroxyl groups excluding tert-OH is 1. The van der Waals surface area contributed by atoms with E-state index in [4.69, 9.17) is 21.1 Å². The van der Waals surface area contributed by atoms with Gasteiger partial charge in [0.25, 0.3) is 0 Å². The predicted molar refractivity (Wildman–Crippen MR) is 71.5 cm³/mol. The van der Waals surface area contributed by atoms with Crippen LogP contribution >= 0.6 is 27.5 Å². The van der Waals surface area contributed by atoms with E-state index in [9.17, 15) is 9.90 Å². The summed E-state index contributed by atoms with van der Waals surface area (Å²) >= 11 is 9.39. The van der Waals surface area contributed by atoms with Crippen LogP contribution in [0, 0.1) is 0 Å². The Morgan fingerprint density at radius 1 is 1.56 bits per heavy atom. The second-order valence-corrected chi connectivity index (χ2v) is 4.81. The fraction of sp³-hybridized carbons (Fsp3) is 0.417. The summed E-state index contributed by atoms with van der Waals surface area (Å²) in [7, 11) is 1.56. The Labute approximate surface area is 119 Å². The lowest BCUT2D eigenvalue weighted by atomic mass is 10.1. The maximum Gasteiger partial charge on any atom is 0.339 e. The first-order valence-electron chi connectivity index (χ1n) is 5.32. The van der Waals surface area contributed by atoms with E-state index in [0.717, 1.165) is 5.56 Å². The summed E-state index contributed by atoms with van der Waals surface area (Å²) in [4.78, 5) is 11.4. The van der Waals surface area contributed by atoms with Gasteiger partial charge >= 0.3 is 5.97 Å². The van der Waals surface area contributed by atoms with Gasteiger partial charge in [-0.3, -0.25) is 0 Å². The number of aliphatic hydroxyl groups is 1. The molecular weight excluding hydrogens is 323 g/mol. The lowest BCUT2D eigenvalue weighted by Gasteiger charge is -2.13. The van der Waals surface area contributed by atoms with E-state index in [0.29, 0.717) is 21.7 Å². The lowest BCUT2D eigenvalue weighted by Crippen LogP contribution is -2.15. The Morgan fingerprint density at radius 2 is 2.22 bits per heavy atom. The second-order valence-electron chi connectivity index (χ2n) is 3.55. The Kier molecular flexibility index (Phi) is 6.08. The Balaban J connectivity index is 3.02. The van der Waals surface area contributed by atoms with Crippen LogP contribution in [0.25, 0.3) is 0 Å². The zero-order valence-electron chi connectivity index (χ0n) is 10.1. The number of carbonyl (C=O) groups excluding carboxylic acids is 1. The van der Waals surface area contributed by atoms with E-state index in [1.165, 1.54) is 6.07 Å². The summed E-state index contributed by atoms with van der Waals surface area (Å²) in [6.45, 7) is 2.23. The van der Waals surface area contributed by atoms with Gasteiger partial charge in [0.05, 0.1) is 13.2 Å². The first-order valence-corrected chi connectivity index (χ1v) is 6.49. The van der Waals surface area contributed by atoms with Crippen molar-refractivity contribution in [3.8, 4) is 0 Å². The largest absolute Gasteiger partial charge is 0.464 e. The van der Waals surface area contributed by atoms with Crippen molar-refractivity contribution >= 4 is 33.5 Å². The van der Waals surface area contributed by atoms with Crippen LogP contribution in [0.5, 0.6) is 0 Å². The minimum absolute atomic E-state index is 0.215. The number of ether oxygens (including phenoxy) is 2. The number of hydrogen-bond acceptors (Lipinski definition) is 4. The third-order valence-electron chi connectivity index (χ3n) is 2.28. The molecule has 0 spiro atoms. The molecule has 1 atom stereocenters. The van der Waals surface area contributed by atoms with Gasteiger partial charge in [0, 0.05) is 22.2 Å². The van der Waals surface area contributed by atoms with Crippen molar-refractivity contribution in [1.82, 2.24) is 0 Å². The number of carbonyl (C=O) groups is 1. The lowest BCUT2D eigenvalue weighted by molar-refractivity contribution is -0.153. The van der Waals surface area contributed by atoms with Gasteiger partial charge in [0.1, 0.15) is 0 Å². The van der Waals surface area contributed by atoms with Crippen LogP contribution in [0.3, 0.4) is 0 Å². The predicted octanol–water partition coefficient (Wildman–Crippen LogP) is 2.85. The van der Waals surface area contributed by atoms with Gasteiger partial charge in [-0.05, 0) is 24.6 Å². The zero-order chi connectivity index (χ0) is 13.7. The molecule has 18 heavy (non-hydrogen) atoms. The maximum atomic E-state index is 11.4. The first kappa shape index (κ1) is 15.4. The van der Waals surface area contributed by atoms with Crippen molar-refractivity contribution in [1.29, 1.82) is 0 Å². The van der Waals surface area contributed by atoms with E-state index in [2.05, 4.69) is 15.9 Å². The van der Waals surface area contributed by atoms with E-state index in [-0.39, 0.29) is 6.61 Å². The number of rotatable bonds is 5. The highest BCUT2D eigenvalue weighted by molar-refractivity contribution is 9.10. The molecule has 6 heteroatoms. The molecule has 1 aromatic rings. The van der Waals surface area contributed by atoms with Crippen LogP contribution in [0.2, 0.25) is 5.02 Å². The number of benzene rings is 1. The van der Waals surface area contributed by atoms with Crippen molar-refractivity contribution in [3.63, 3.8) is 0 Å². The fourth-order valence-electron chi connectivity index (χ4n) is 1.42. The Morgan fingerprint density at radius 3 is 2.72 bits per heavy atom. The molecule has 0 saturated heterocycles. The van der Waals surface area contributed by atoms with E-state index in [1.54, 1.807) is 20.1 Å². The van der Waals surface area contributed by atoms with Gasteiger partial charge in [-0.25, -0.2) is 4.79 Å². The summed E-state index contributed by atoms with van der Waals surface area (Å²) in [6.07, 6.45) is -1.34. The molecule has 1 N–H and O–H groups in total. The van der Waals surface area contributed by atoms with Crippen molar-refractivity contribution in [2.45, 2.75) is 19.6 Å². The molecule has 0 aliphatic heterocycles. The molecule has 0 radical (unpaired) electrons. The molecular formula is C12H14BrClO4. The van der Waals surface area contributed by atoms with Crippen molar-refractivity contribution < 1.29 is 19.4 Å². The summed E-state index contributed by atoms with van der Waals surface area (Å²) in [5.41, 5.74) is 1.14. The molecule has 0 heterocycles. The molecule has 1 unspecified atom stereocenters. The highest BCUT2D eigenvalue weighted by atomic mass is 79.9. The SMILES string of the molecule is CCOC(=O)C(O)c1cc(Cl)c(COC)c(Br)c1. The van der Waals surface area contributed by atoms with Crippen LogP contribution in [0.4, 0.5) is 0 Å². The minimum Gasteiger partial charge on any atom is -0.464 e. The number of methoxy groups -OCH3 is 1. The maximum absolute atomic E-state index is 11.4.